The second kappa shape index (κ2) is 5.81. The average Bonchev–Trinajstić information content (AvgIpc) is 3.06. The van der Waals surface area contributed by atoms with E-state index in [0.717, 1.165) is 0 Å². The number of benzene rings is 2. The van der Waals surface area contributed by atoms with E-state index in [1.165, 1.54) is 5.01 Å². The van der Waals surface area contributed by atoms with Crippen molar-refractivity contribution in [3.63, 3.8) is 0 Å². The number of para-hydroxylation sites is 1. The first-order valence-electron chi connectivity index (χ1n) is 7.99. The maximum absolute atomic E-state index is 13.3. The number of hydrogen-bond acceptors (Lipinski definition) is 5. The Kier molecular flexibility index (Phi) is 3.69. The molecule has 0 fully saturated rings. The topological polar surface area (TPSA) is 85.0 Å². The molecule has 2 aromatic carbocycles. The Balaban J connectivity index is 1.80. The van der Waals surface area contributed by atoms with Crippen LogP contribution in [0.4, 0.5) is 5.69 Å². The number of hydrazone groups is 1. The van der Waals surface area contributed by atoms with E-state index >= 15 is 0 Å². The summed E-state index contributed by atoms with van der Waals surface area (Å²) < 4.78 is 6.02. The molecule has 132 valence electrons. The number of anilines is 1. The number of nitrogens with zero attached hydrogens (tertiary/aromatic N) is 3. The number of carbonyl (C=O) groups is 1. The number of carbonyl (C=O) groups excluding carboxylic acids is 1. The highest BCUT2D eigenvalue weighted by Crippen LogP contribution is 2.49. The van der Waals surface area contributed by atoms with Crippen molar-refractivity contribution in [2.45, 2.75) is 18.4 Å². The fourth-order valence-corrected chi connectivity index (χ4v) is 3.68. The lowest BCUT2D eigenvalue weighted by Crippen LogP contribution is -2.54. The maximum Gasteiger partial charge on any atom is 0.298 e. The summed E-state index contributed by atoms with van der Waals surface area (Å²) in [6.45, 7) is 1.23. The van der Waals surface area contributed by atoms with Crippen molar-refractivity contribution >= 4 is 28.9 Å². The van der Waals surface area contributed by atoms with E-state index in [4.69, 9.17) is 16.3 Å². The van der Waals surface area contributed by atoms with Crippen LogP contribution in [0.15, 0.2) is 53.6 Å². The van der Waals surface area contributed by atoms with Crippen molar-refractivity contribution in [3.8, 4) is 5.75 Å². The Hall–Kier alpha value is -2.93. The minimum atomic E-state index is -1.50. The molecule has 0 aliphatic carbocycles. The Labute approximate surface area is 154 Å². The van der Waals surface area contributed by atoms with E-state index in [1.807, 2.05) is 0 Å². The normalized spacial score (nSPS) is 23.8. The standard InChI is InChI=1S/C18H14ClN3O4/c1-11-18(17(23)22(20-11)13-8-6-12(19)7-9-13)15(10-21(24)25)14-4-2-3-5-16(14)26-18/h2-9,15H,10H2,1H3/t15-,18+/m0/s1. The van der Waals surface area contributed by atoms with Crippen LogP contribution in [0.5, 0.6) is 5.75 Å². The van der Waals surface area contributed by atoms with Crippen LogP contribution in [0.2, 0.25) is 5.02 Å². The van der Waals surface area contributed by atoms with E-state index in [-0.39, 0.29) is 0 Å². The van der Waals surface area contributed by atoms with Gasteiger partial charge in [-0.05, 0) is 37.3 Å². The molecule has 2 aliphatic rings. The van der Waals surface area contributed by atoms with Gasteiger partial charge in [0.05, 0.1) is 11.4 Å². The third kappa shape index (κ3) is 2.28. The van der Waals surface area contributed by atoms with Crippen LogP contribution in [0.25, 0.3) is 0 Å². The fraction of sp³-hybridized carbons (Fsp3) is 0.222. The number of halogens is 1. The molecule has 1 spiro atoms. The highest BCUT2D eigenvalue weighted by molar-refractivity contribution is 6.30. The van der Waals surface area contributed by atoms with Crippen molar-refractivity contribution in [2.24, 2.45) is 5.10 Å². The van der Waals surface area contributed by atoms with Crippen LogP contribution in [0.3, 0.4) is 0 Å². The van der Waals surface area contributed by atoms with Gasteiger partial charge >= 0.3 is 0 Å². The lowest BCUT2D eigenvalue weighted by Gasteiger charge is -2.27. The smallest absolute Gasteiger partial charge is 0.298 e. The third-order valence-electron chi connectivity index (χ3n) is 4.76. The van der Waals surface area contributed by atoms with Crippen molar-refractivity contribution < 1.29 is 14.5 Å². The van der Waals surface area contributed by atoms with Gasteiger partial charge in [0, 0.05) is 15.5 Å². The number of amides is 1. The van der Waals surface area contributed by atoms with Gasteiger partial charge in [-0.25, -0.2) is 0 Å². The highest BCUT2D eigenvalue weighted by Gasteiger charge is 2.63. The van der Waals surface area contributed by atoms with Crippen LogP contribution < -0.4 is 9.75 Å². The molecular weight excluding hydrogens is 358 g/mol. The Morgan fingerprint density at radius 2 is 1.96 bits per heavy atom. The van der Waals surface area contributed by atoms with Gasteiger partial charge in [0.25, 0.3) is 5.91 Å². The van der Waals surface area contributed by atoms with E-state index in [2.05, 4.69) is 5.10 Å². The molecule has 0 aromatic heterocycles. The molecule has 0 bridgehead atoms. The van der Waals surface area contributed by atoms with E-state index in [9.17, 15) is 14.9 Å². The number of rotatable bonds is 3. The van der Waals surface area contributed by atoms with Gasteiger partial charge in [-0.15, -0.1) is 0 Å². The molecule has 0 saturated carbocycles. The number of ether oxygens (including phenoxy) is 1. The van der Waals surface area contributed by atoms with Gasteiger partial charge in [0.1, 0.15) is 11.7 Å². The van der Waals surface area contributed by atoms with Crippen LogP contribution >= 0.6 is 11.6 Å². The molecule has 4 rings (SSSR count). The first kappa shape index (κ1) is 16.5. The van der Waals surface area contributed by atoms with E-state index < -0.39 is 28.9 Å². The number of nitro groups is 1. The summed E-state index contributed by atoms with van der Waals surface area (Å²) in [5.74, 6) is -0.720. The molecule has 26 heavy (non-hydrogen) atoms. The lowest BCUT2D eigenvalue weighted by atomic mass is 9.81. The summed E-state index contributed by atoms with van der Waals surface area (Å²) in [5.41, 5.74) is 0.0525. The predicted molar refractivity (Wildman–Crippen MR) is 96.5 cm³/mol. The second-order valence-corrected chi connectivity index (χ2v) is 6.66. The largest absolute Gasteiger partial charge is 0.470 e. The zero-order valence-corrected chi connectivity index (χ0v) is 14.5. The molecule has 1 amide bonds. The van der Waals surface area contributed by atoms with Crippen LogP contribution in [-0.4, -0.2) is 28.7 Å². The Bertz CT molecular complexity index is 944. The summed E-state index contributed by atoms with van der Waals surface area (Å²) in [6.07, 6.45) is 0. The molecule has 2 aliphatic heterocycles. The first-order chi connectivity index (χ1) is 12.4. The highest BCUT2D eigenvalue weighted by atomic mass is 35.5. The monoisotopic (exact) mass is 371 g/mol. The lowest BCUT2D eigenvalue weighted by molar-refractivity contribution is -0.484. The Morgan fingerprint density at radius 1 is 1.27 bits per heavy atom. The van der Waals surface area contributed by atoms with Crippen molar-refractivity contribution in [1.82, 2.24) is 0 Å². The zero-order chi connectivity index (χ0) is 18.5. The molecule has 2 atom stereocenters. The van der Waals surface area contributed by atoms with Crippen molar-refractivity contribution in [3.05, 3.63) is 69.2 Å². The summed E-state index contributed by atoms with van der Waals surface area (Å²) in [4.78, 5) is 24.2. The summed E-state index contributed by atoms with van der Waals surface area (Å²) in [5, 5.41) is 17.4. The molecule has 0 unspecified atom stereocenters. The average molecular weight is 372 g/mol. The molecule has 7 nitrogen and oxygen atoms in total. The predicted octanol–water partition coefficient (Wildman–Crippen LogP) is 3.25. The molecular formula is C18H14ClN3O4. The fourth-order valence-electron chi connectivity index (χ4n) is 3.56. The number of hydrogen-bond donors (Lipinski definition) is 0. The van der Waals surface area contributed by atoms with Gasteiger partial charge < -0.3 is 4.74 Å². The maximum atomic E-state index is 13.3. The van der Waals surface area contributed by atoms with Crippen molar-refractivity contribution in [1.29, 1.82) is 0 Å². The SMILES string of the molecule is CC1=NN(c2ccc(Cl)cc2)C(=O)[C@@]12Oc1ccccc1[C@@H]2C[N+](=O)[O-]. The summed E-state index contributed by atoms with van der Waals surface area (Å²) >= 11 is 5.91. The zero-order valence-electron chi connectivity index (χ0n) is 13.8. The van der Waals surface area contributed by atoms with Crippen LogP contribution in [0.1, 0.15) is 18.4 Å². The van der Waals surface area contributed by atoms with Gasteiger partial charge in [0.2, 0.25) is 12.1 Å². The van der Waals surface area contributed by atoms with E-state index in [1.54, 1.807) is 55.5 Å². The van der Waals surface area contributed by atoms with Gasteiger partial charge in [-0.1, -0.05) is 29.8 Å². The van der Waals surface area contributed by atoms with Gasteiger partial charge in [-0.2, -0.15) is 10.1 Å². The molecule has 0 N–H and O–H groups in total. The molecule has 2 heterocycles. The van der Waals surface area contributed by atoms with Crippen LogP contribution in [0, 0.1) is 10.1 Å². The molecule has 0 saturated heterocycles. The van der Waals surface area contributed by atoms with Crippen LogP contribution in [-0.2, 0) is 4.79 Å². The number of fused-ring (bicyclic) bond motifs is 1. The summed E-state index contributed by atoms with van der Waals surface area (Å²) in [6, 6.07) is 13.6. The van der Waals surface area contributed by atoms with Gasteiger partial charge in [-0.3, -0.25) is 14.9 Å². The summed E-state index contributed by atoms with van der Waals surface area (Å²) in [7, 11) is 0. The second-order valence-electron chi connectivity index (χ2n) is 6.22. The minimum absolute atomic E-state index is 0.389. The minimum Gasteiger partial charge on any atom is -0.470 e. The molecule has 8 heteroatoms. The van der Waals surface area contributed by atoms with Gasteiger partial charge in [0.15, 0.2) is 0 Å². The Morgan fingerprint density at radius 3 is 2.65 bits per heavy atom. The van der Waals surface area contributed by atoms with Crippen molar-refractivity contribution in [2.75, 3.05) is 11.6 Å². The quantitative estimate of drug-likeness (QED) is 0.612. The molecule has 2 aromatic rings. The third-order valence-corrected chi connectivity index (χ3v) is 5.01. The van der Waals surface area contributed by atoms with E-state index in [0.29, 0.717) is 27.7 Å². The first-order valence-corrected chi connectivity index (χ1v) is 8.37. The molecule has 0 radical (unpaired) electrons.